The van der Waals surface area contributed by atoms with Crippen LogP contribution in [-0.4, -0.2) is 46.1 Å². The van der Waals surface area contributed by atoms with E-state index in [0.29, 0.717) is 0 Å². The van der Waals surface area contributed by atoms with E-state index in [0.717, 1.165) is 19.0 Å². The maximum Gasteiger partial charge on any atom is 2.00 e. The van der Waals surface area contributed by atoms with Crippen LogP contribution in [0.15, 0.2) is 12.4 Å². The average molecular weight is 252 g/mol. The molecule has 1 aliphatic heterocycles. The predicted octanol–water partition coefficient (Wildman–Crippen LogP) is -2.50. The maximum atomic E-state index is 4.12. The molecule has 0 spiro atoms. The van der Waals surface area contributed by atoms with E-state index in [1.54, 1.807) is 12.4 Å². The van der Waals surface area contributed by atoms with Crippen molar-refractivity contribution in [2.75, 3.05) is 18.0 Å². The van der Waals surface area contributed by atoms with Gasteiger partial charge in [-0.1, -0.05) is 0 Å². The molecule has 2 rings (SSSR count). The SMILES string of the molecule is [Br-].[Mg+2].[c-]1cnc(N2CCCC2)nc1. The van der Waals surface area contributed by atoms with Gasteiger partial charge in [-0.05, 0) is 12.8 Å². The van der Waals surface area contributed by atoms with Crippen LogP contribution < -0.4 is 21.9 Å². The number of rotatable bonds is 1. The molecule has 1 saturated heterocycles. The zero-order valence-corrected chi connectivity index (χ0v) is 10.4. The Balaban J connectivity index is 0.000000720. The minimum atomic E-state index is 0. The van der Waals surface area contributed by atoms with Gasteiger partial charge in [-0.25, -0.2) is 0 Å². The van der Waals surface area contributed by atoms with Gasteiger partial charge in [0.1, 0.15) is 0 Å². The quantitative estimate of drug-likeness (QED) is 0.409. The largest absolute Gasteiger partial charge is 2.00 e. The number of nitrogens with zero attached hydrogens (tertiary/aromatic N) is 3. The first-order valence-electron chi connectivity index (χ1n) is 3.90. The zero-order valence-electron chi connectivity index (χ0n) is 7.41. The molecular formula is C8H10BrMgN3. The second-order valence-corrected chi connectivity index (χ2v) is 2.68. The van der Waals surface area contributed by atoms with Gasteiger partial charge in [-0.3, -0.25) is 9.97 Å². The minimum absolute atomic E-state index is 0. The van der Waals surface area contributed by atoms with Gasteiger partial charge in [-0.2, -0.15) is 0 Å². The molecule has 2 heterocycles. The Morgan fingerprint density at radius 1 is 1.15 bits per heavy atom. The minimum Gasteiger partial charge on any atom is -1.00 e. The number of halogens is 1. The number of anilines is 1. The van der Waals surface area contributed by atoms with Crippen molar-refractivity contribution in [3.05, 3.63) is 18.5 Å². The molecule has 0 radical (unpaired) electrons. The maximum absolute atomic E-state index is 4.12. The normalized spacial score (nSPS) is 14.6. The third-order valence-corrected chi connectivity index (χ3v) is 1.90. The Morgan fingerprint density at radius 2 is 1.69 bits per heavy atom. The van der Waals surface area contributed by atoms with Gasteiger partial charge >= 0.3 is 23.1 Å². The van der Waals surface area contributed by atoms with E-state index in [1.807, 2.05) is 0 Å². The van der Waals surface area contributed by atoms with Gasteiger partial charge < -0.3 is 27.9 Å². The van der Waals surface area contributed by atoms with E-state index in [2.05, 4.69) is 20.9 Å². The van der Waals surface area contributed by atoms with Crippen LogP contribution in [0.2, 0.25) is 0 Å². The summed E-state index contributed by atoms with van der Waals surface area (Å²) in [5, 5.41) is 0. The van der Waals surface area contributed by atoms with Crippen LogP contribution in [0, 0.1) is 6.07 Å². The summed E-state index contributed by atoms with van der Waals surface area (Å²) in [6.45, 7) is 2.20. The van der Waals surface area contributed by atoms with Gasteiger partial charge in [0.15, 0.2) is 0 Å². The third-order valence-electron chi connectivity index (χ3n) is 1.90. The Morgan fingerprint density at radius 3 is 2.23 bits per heavy atom. The van der Waals surface area contributed by atoms with Crippen molar-refractivity contribution in [1.29, 1.82) is 0 Å². The summed E-state index contributed by atoms with van der Waals surface area (Å²) in [5.41, 5.74) is 0. The van der Waals surface area contributed by atoms with Crippen LogP contribution >= 0.6 is 0 Å². The van der Waals surface area contributed by atoms with Crippen molar-refractivity contribution >= 4 is 29.0 Å². The molecule has 0 N–H and O–H groups in total. The van der Waals surface area contributed by atoms with Crippen molar-refractivity contribution in [1.82, 2.24) is 9.97 Å². The van der Waals surface area contributed by atoms with Gasteiger partial charge in [0.25, 0.3) is 0 Å². The van der Waals surface area contributed by atoms with E-state index in [1.165, 1.54) is 12.8 Å². The number of hydrogen-bond donors (Lipinski definition) is 0. The molecule has 0 aromatic carbocycles. The Labute approximate surface area is 105 Å². The van der Waals surface area contributed by atoms with Crippen LogP contribution in [0.25, 0.3) is 0 Å². The molecule has 1 aromatic rings. The van der Waals surface area contributed by atoms with Gasteiger partial charge in [0.2, 0.25) is 5.95 Å². The summed E-state index contributed by atoms with van der Waals surface area (Å²) in [6, 6.07) is 2.81. The molecular weight excluding hydrogens is 242 g/mol. The van der Waals surface area contributed by atoms with Crippen molar-refractivity contribution < 1.29 is 17.0 Å². The molecule has 3 nitrogen and oxygen atoms in total. The fourth-order valence-electron chi connectivity index (χ4n) is 1.34. The second kappa shape index (κ2) is 6.56. The topological polar surface area (TPSA) is 29.0 Å². The summed E-state index contributed by atoms with van der Waals surface area (Å²) < 4.78 is 0. The number of hydrogen-bond acceptors (Lipinski definition) is 3. The summed E-state index contributed by atoms with van der Waals surface area (Å²) in [5.74, 6) is 0.848. The molecule has 0 atom stereocenters. The standard InChI is InChI=1S/C8H10N3.BrH.Mg/c1-2-7-11(6-1)8-9-4-3-5-10-8;;/h4-5H,1-2,6-7H2;1H;/q-1;;+2/p-1. The summed E-state index contributed by atoms with van der Waals surface area (Å²) in [6.07, 6.45) is 5.87. The Kier molecular flexibility index (Phi) is 6.62. The number of aromatic nitrogens is 2. The van der Waals surface area contributed by atoms with Gasteiger partial charge in [0.05, 0.1) is 0 Å². The molecule has 1 fully saturated rings. The Hall–Kier alpha value is 0.126. The van der Waals surface area contributed by atoms with E-state index in [9.17, 15) is 0 Å². The average Bonchev–Trinajstić information content (AvgIpc) is 2.58. The molecule has 0 amide bonds. The third kappa shape index (κ3) is 3.40. The van der Waals surface area contributed by atoms with Crippen LogP contribution in [0.3, 0.4) is 0 Å². The molecule has 0 bridgehead atoms. The molecule has 1 aliphatic rings. The first kappa shape index (κ1) is 13.1. The van der Waals surface area contributed by atoms with Crippen LogP contribution in [0.5, 0.6) is 0 Å². The van der Waals surface area contributed by atoms with Gasteiger partial charge in [0, 0.05) is 13.1 Å². The fourth-order valence-corrected chi connectivity index (χ4v) is 1.34. The van der Waals surface area contributed by atoms with Crippen LogP contribution in [-0.2, 0) is 0 Å². The predicted molar refractivity (Wildman–Crippen MR) is 48.1 cm³/mol. The summed E-state index contributed by atoms with van der Waals surface area (Å²) in [4.78, 5) is 10.4. The first-order chi connectivity index (χ1) is 5.47. The van der Waals surface area contributed by atoms with E-state index in [4.69, 9.17) is 0 Å². The molecule has 5 heteroatoms. The van der Waals surface area contributed by atoms with Crippen molar-refractivity contribution in [2.24, 2.45) is 0 Å². The summed E-state index contributed by atoms with van der Waals surface area (Å²) in [7, 11) is 0. The fraction of sp³-hybridized carbons (Fsp3) is 0.500. The molecule has 0 unspecified atom stereocenters. The van der Waals surface area contributed by atoms with Crippen LogP contribution in [0.4, 0.5) is 5.95 Å². The zero-order chi connectivity index (χ0) is 7.52. The second-order valence-electron chi connectivity index (χ2n) is 2.68. The van der Waals surface area contributed by atoms with Crippen molar-refractivity contribution in [3.8, 4) is 0 Å². The molecule has 0 saturated carbocycles. The molecule has 66 valence electrons. The molecule has 1 aromatic heterocycles. The van der Waals surface area contributed by atoms with Gasteiger partial charge in [-0.15, -0.1) is 12.4 Å². The van der Waals surface area contributed by atoms with E-state index < -0.39 is 0 Å². The summed E-state index contributed by atoms with van der Waals surface area (Å²) >= 11 is 0. The van der Waals surface area contributed by atoms with Crippen molar-refractivity contribution in [2.45, 2.75) is 12.8 Å². The monoisotopic (exact) mass is 251 g/mol. The van der Waals surface area contributed by atoms with E-state index >= 15 is 0 Å². The van der Waals surface area contributed by atoms with Crippen LogP contribution in [0.1, 0.15) is 12.8 Å². The molecule has 13 heavy (non-hydrogen) atoms. The van der Waals surface area contributed by atoms with E-state index in [-0.39, 0.29) is 40.0 Å². The van der Waals surface area contributed by atoms with Crippen molar-refractivity contribution in [3.63, 3.8) is 0 Å². The first-order valence-corrected chi connectivity index (χ1v) is 3.90. The molecule has 0 aliphatic carbocycles. The smallest absolute Gasteiger partial charge is 1.00 e. The Bertz CT molecular complexity index is 226.